The molecule has 0 fully saturated rings. The van der Waals surface area contributed by atoms with E-state index in [0.29, 0.717) is 6.61 Å². The summed E-state index contributed by atoms with van der Waals surface area (Å²) < 4.78 is 9.81. The minimum absolute atomic E-state index is 0.133. The van der Waals surface area contributed by atoms with Crippen molar-refractivity contribution in [1.29, 1.82) is 0 Å². The Balaban J connectivity index is 3.84. The molecule has 0 aliphatic heterocycles. The van der Waals surface area contributed by atoms with Crippen molar-refractivity contribution in [3.05, 3.63) is 0 Å². The Labute approximate surface area is 72.5 Å². The zero-order valence-corrected chi connectivity index (χ0v) is 7.74. The van der Waals surface area contributed by atoms with Gasteiger partial charge < -0.3 is 14.6 Å². The Morgan fingerprint density at radius 1 is 1.50 bits per heavy atom. The standard InChI is InChI=1S/C8H16O4/c1-4-7(11-5-2)6(3)12-8(9)10/h6-7H,4-5H2,1-3H3,(H,9,10). The van der Waals surface area contributed by atoms with E-state index < -0.39 is 12.3 Å². The average Bonchev–Trinajstić information content (AvgIpc) is 1.98. The van der Waals surface area contributed by atoms with Gasteiger partial charge in [-0.25, -0.2) is 4.79 Å². The van der Waals surface area contributed by atoms with Crippen LogP contribution in [0.4, 0.5) is 4.79 Å². The highest BCUT2D eigenvalue weighted by atomic mass is 16.7. The second-order valence-corrected chi connectivity index (χ2v) is 2.49. The quantitative estimate of drug-likeness (QED) is 0.650. The zero-order chi connectivity index (χ0) is 9.56. The van der Waals surface area contributed by atoms with Gasteiger partial charge in [-0.15, -0.1) is 0 Å². The van der Waals surface area contributed by atoms with E-state index in [4.69, 9.17) is 9.84 Å². The molecule has 0 aromatic carbocycles. The van der Waals surface area contributed by atoms with Crippen LogP contribution in [0.25, 0.3) is 0 Å². The first-order valence-electron chi connectivity index (χ1n) is 4.13. The van der Waals surface area contributed by atoms with Gasteiger partial charge in [-0.1, -0.05) is 6.92 Å². The molecule has 0 heterocycles. The maximum absolute atomic E-state index is 10.2. The monoisotopic (exact) mass is 176 g/mol. The molecule has 2 atom stereocenters. The molecule has 2 unspecified atom stereocenters. The summed E-state index contributed by atoms with van der Waals surface area (Å²) in [7, 11) is 0. The van der Waals surface area contributed by atoms with Gasteiger partial charge in [0.2, 0.25) is 0 Å². The third-order valence-corrected chi connectivity index (χ3v) is 1.59. The van der Waals surface area contributed by atoms with Crippen LogP contribution in [-0.2, 0) is 9.47 Å². The fraction of sp³-hybridized carbons (Fsp3) is 0.875. The van der Waals surface area contributed by atoms with Crippen LogP contribution >= 0.6 is 0 Å². The minimum Gasteiger partial charge on any atom is -0.450 e. The molecule has 0 aromatic rings. The van der Waals surface area contributed by atoms with Crippen LogP contribution in [0.3, 0.4) is 0 Å². The van der Waals surface area contributed by atoms with E-state index in [1.165, 1.54) is 0 Å². The van der Waals surface area contributed by atoms with Crippen molar-refractivity contribution in [3.8, 4) is 0 Å². The Morgan fingerprint density at radius 2 is 2.08 bits per heavy atom. The van der Waals surface area contributed by atoms with E-state index in [0.717, 1.165) is 6.42 Å². The van der Waals surface area contributed by atoms with E-state index in [9.17, 15) is 4.79 Å². The normalized spacial score (nSPS) is 15.2. The molecule has 4 nitrogen and oxygen atoms in total. The Bertz CT molecular complexity index is 135. The molecule has 72 valence electrons. The van der Waals surface area contributed by atoms with Gasteiger partial charge in [-0.2, -0.15) is 0 Å². The molecular weight excluding hydrogens is 160 g/mol. The molecule has 0 saturated heterocycles. The SMILES string of the molecule is CCOC(CC)C(C)OC(=O)O. The lowest BCUT2D eigenvalue weighted by atomic mass is 10.2. The summed E-state index contributed by atoms with van der Waals surface area (Å²) in [4.78, 5) is 10.2. The Morgan fingerprint density at radius 3 is 2.42 bits per heavy atom. The van der Waals surface area contributed by atoms with Crippen molar-refractivity contribution in [1.82, 2.24) is 0 Å². The molecule has 4 heteroatoms. The summed E-state index contributed by atoms with van der Waals surface area (Å²) in [5.74, 6) is 0. The number of carbonyl (C=O) groups is 1. The van der Waals surface area contributed by atoms with Crippen molar-refractivity contribution in [2.75, 3.05) is 6.61 Å². The summed E-state index contributed by atoms with van der Waals surface area (Å²) in [5.41, 5.74) is 0. The molecule has 0 bridgehead atoms. The number of ether oxygens (including phenoxy) is 2. The van der Waals surface area contributed by atoms with Gasteiger partial charge >= 0.3 is 6.16 Å². The number of hydrogen-bond acceptors (Lipinski definition) is 3. The van der Waals surface area contributed by atoms with Crippen LogP contribution in [-0.4, -0.2) is 30.1 Å². The van der Waals surface area contributed by atoms with E-state index in [1.807, 2.05) is 13.8 Å². The van der Waals surface area contributed by atoms with Gasteiger partial charge in [-0.3, -0.25) is 0 Å². The summed E-state index contributed by atoms with van der Waals surface area (Å²) in [6.07, 6.45) is -1.03. The van der Waals surface area contributed by atoms with Crippen LogP contribution in [0.2, 0.25) is 0 Å². The molecule has 0 aromatic heterocycles. The highest BCUT2D eigenvalue weighted by Gasteiger charge is 2.18. The molecule has 0 aliphatic carbocycles. The maximum atomic E-state index is 10.2. The predicted octanol–water partition coefficient (Wildman–Crippen LogP) is 1.88. The van der Waals surface area contributed by atoms with Gasteiger partial charge in [0.25, 0.3) is 0 Å². The van der Waals surface area contributed by atoms with E-state index in [-0.39, 0.29) is 6.10 Å². The smallest absolute Gasteiger partial charge is 0.450 e. The largest absolute Gasteiger partial charge is 0.506 e. The zero-order valence-electron chi connectivity index (χ0n) is 7.74. The molecular formula is C8H16O4. The first-order valence-corrected chi connectivity index (χ1v) is 4.13. The van der Waals surface area contributed by atoms with E-state index in [1.54, 1.807) is 6.92 Å². The summed E-state index contributed by atoms with van der Waals surface area (Å²) in [6, 6.07) is 0. The van der Waals surface area contributed by atoms with Gasteiger partial charge in [0.1, 0.15) is 6.10 Å². The highest BCUT2D eigenvalue weighted by Crippen LogP contribution is 2.07. The molecule has 0 amide bonds. The van der Waals surface area contributed by atoms with Crippen molar-refractivity contribution in [2.45, 2.75) is 39.4 Å². The van der Waals surface area contributed by atoms with Crippen LogP contribution in [0, 0.1) is 0 Å². The maximum Gasteiger partial charge on any atom is 0.506 e. The molecule has 0 saturated carbocycles. The Hall–Kier alpha value is -0.770. The topological polar surface area (TPSA) is 55.8 Å². The minimum atomic E-state index is -1.25. The van der Waals surface area contributed by atoms with E-state index in [2.05, 4.69) is 4.74 Å². The second kappa shape index (κ2) is 5.83. The fourth-order valence-corrected chi connectivity index (χ4v) is 1.03. The average molecular weight is 176 g/mol. The van der Waals surface area contributed by atoms with Gasteiger partial charge in [-0.05, 0) is 20.3 Å². The van der Waals surface area contributed by atoms with Crippen molar-refractivity contribution in [2.24, 2.45) is 0 Å². The van der Waals surface area contributed by atoms with Gasteiger partial charge in [0.15, 0.2) is 0 Å². The van der Waals surface area contributed by atoms with Gasteiger partial charge in [0.05, 0.1) is 6.10 Å². The molecule has 0 rings (SSSR count). The van der Waals surface area contributed by atoms with Crippen LogP contribution < -0.4 is 0 Å². The van der Waals surface area contributed by atoms with Gasteiger partial charge in [0, 0.05) is 6.61 Å². The number of hydrogen-bond donors (Lipinski definition) is 1. The predicted molar refractivity (Wildman–Crippen MR) is 44.3 cm³/mol. The number of rotatable bonds is 5. The van der Waals surface area contributed by atoms with Crippen molar-refractivity contribution in [3.63, 3.8) is 0 Å². The lowest BCUT2D eigenvalue weighted by Gasteiger charge is -2.20. The van der Waals surface area contributed by atoms with Crippen LogP contribution in [0.1, 0.15) is 27.2 Å². The first-order chi connectivity index (χ1) is 5.61. The molecule has 0 spiro atoms. The summed E-state index contributed by atoms with van der Waals surface area (Å²) in [5, 5.41) is 8.32. The second-order valence-electron chi connectivity index (χ2n) is 2.49. The third-order valence-electron chi connectivity index (χ3n) is 1.59. The lowest BCUT2D eigenvalue weighted by molar-refractivity contribution is -0.0462. The van der Waals surface area contributed by atoms with Crippen LogP contribution in [0.5, 0.6) is 0 Å². The lowest BCUT2D eigenvalue weighted by Crippen LogP contribution is -2.30. The molecule has 1 N–H and O–H groups in total. The fourth-order valence-electron chi connectivity index (χ4n) is 1.03. The summed E-state index contributed by atoms with van der Waals surface area (Å²) >= 11 is 0. The Kier molecular flexibility index (Phi) is 5.45. The first kappa shape index (κ1) is 11.2. The number of carboxylic acid groups (broad SMARTS) is 1. The van der Waals surface area contributed by atoms with Crippen molar-refractivity contribution < 1.29 is 19.4 Å². The van der Waals surface area contributed by atoms with E-state index >= 15 is 0 Å². The molecule has 0 radical (unpaired) electrons. The highest BCUT2D eigenvalue weighted by molar-refractivity contribution is 5.57. The third kappa shape index (κ3) is 4.18. The molecule has 12 heavy (non-hydrogen) atoms. The van der Waals surface area contributed by atoms with Crippen LogP contribution in [0.15, 0.2) is 0 Å². The van der Waals surface area contributed by atoms with Crippen molar-refractivity contribution >= 4 is 6.16 Å². The molecule has 0 aliphatic rings. The summed E-state index contributed by atoms with van der Waals surface area (Å²) in [6.45, 7) is 6.07.